The average Bonchev–Trinajstić information content (AvgIpc) is 3.02. The molecule has 0 radical (unpaired) electrons. The largest absolute Gasteiger partial charge is 0.416 e. The number of rotatable bonds is 6. The third-order valence-electron chi connectivity index (χ3n) is 3.66. The first-order valence-corrected chi connectivity index (χ1v) is 9.30. The molecule has 124 valence electrons. The summed E-state index contributed by atoms with van der Waals surface area (Å²) in [6, 6.07) is 15.8. The molecule has 6 heteroatoms. The quantitative estimate of drug-likeness (QED) is 0.491. The predicted octanol–water partition coefficient (Wildman–Crippen LogP) is 6.01. The molecule has 1 unspecified atom stereocenters. The maximum absolute atomic E-state index is 6.17. The Hall–Kier alpha value is -1.49. The molecule has 0 saturated carbocycles. The van der Waals surface area contributed by atoms with Gasteiger partial charge in [-0.25, -0.2) is 0 Å². The van der Waals surface area contributed by atoms with Gasteiger partial charge in [0.05, 0.1) is 0 Å². The van der Waals surface area contributed by atoms with Crippen LogP contribution in [0.2, 0.25) is 10.0 Å². The van der Waals surface area contributed by atoms with Crippen LogP contribution >= 0.6 is 35.0 Å². The van der Waals surface area contributed by atoms with Crippen LogP contribution in [-0.4, -0.2) is 10.2 Å². The van der Waals surface area contributed by atoms with Crippen molar-refractivity contribution in [2.24, 2.45) is 0 Å². The molecular formula is C18H16Cl2N2OS. The lowest BCUT2D eigenvalue weighted by Gasteiger charge is -2.08. The summed E-state index contributed by atoms with van der Waals surface area (Å²) in [4.78, 5) is 0. The first kappa shape index (κ1) is 17.3. The van der Waals surface area contributed by atoms with Crippen molar-refractivity contribution in [3.63, 3.8) is 0 Å². The van der Waals surface area contributed by atoms with Crippen LogP contribution in [-0.2, 0) is 12.2 Å². The van der Waals surface area contributed by atoms with Crippen LogP contribution in [0.5, 0.6) is 0 Å². The summed E-state index contributed by atoms with van der Waals surface area (Å²) in [7, 11) is 0. The van der Waals surface area contributed by atoms with E-state index in [1.165, 1.54) is 17.3 Å². The zero-order valence-corrected chi connectivity index (χ0v) is 15.4. The molecule has 24 heavy (non-hydrogen) atoms. The molecule has 0 aliphatic heterocycles. The molecule has 0 bridgehead atoms. The van der Waals surface area contributed by atoms with E-state index in [2.05, 4.69) is 29.3 Å². The van der Waals surface area contributed by atoms with Gasteiger partial charge >= 0.3 is 0 Å². The number of benzene rings is 2. The SMILES string of the molecule is CC(Cc1nnc(SCc2ccc(Cl)cc2Cl)o1)c1ccccc1. The van der Waals surface area contributed by atoms with Gasteiger partial charge < -0.3 is 4.42 Å². The van der Waals surface area contributed by atoms with E-state index in [0.717, 1.165) is 12.0 Å². The van der Waals surface area contributed by atoms with E-state index in [1.54, 1.807) is 6.07 Å². The molecule has 3 aromatic rings. The molecule has 0 N–H and O–H groups in total. The molecule has 1 atom stereocenters. The Morgan fingerprint density at radius 3 is 2.62 bits per heavy atom. The predicted molar refractivity (Wildman–Crippen MR) is 98.9 cm³/mol. The fourth-order valence-corrected chi connectivity index (χ4v) is 3.66. The number of hydrogen-bond acceptors (Lipinski definition) is 4. The van der Waals surface area contributed by atoms with Gasteiger partial charge in [0.15, 0.2) is 0 Å². The fraction of sp³-hybridized carbons (Fsp3) is 0.222. The minimum absolute atomic E-state index is 0.329. The van der Waals surface area contributed by atoms with E-state index in [4.69, 9.17) is 27.6 Å². The van der Waals surface area contributed by atoms with Crippen molar-refractivity contribution in [3.8, 4) is 0 Å². The molecule has 0 fully saturated rings. The molecule has 0 amide bonds. The van der Waals surface area contributed by atoms with Gasteiger partial charge in [-0.1, -0.05) is 78.3 Å². The van der Waals surface area contributed by atoms with E-state index >= 15 is 0 Å². The van der Waals surface area contributed by atoms with Gasteiger partial charge in [0.1, 0.15) is 0 Å². The van der Waals surface area contributed by atoms with E-state index in [0.29, 0.717) is 32.8 Å². The lowest BCUT2D eigenvalue weighted by atomic mass is 9.98. The second-order valence-corrected chi connectivity index (χ2v) is 7.27. The first-order valence-electron chi connectivity index (χ1n) is 7.56. The van der Waals surface area contributed by atoms with Gasteiger partial charge in [0, 0.05) is 22.2 Å². The van der Waals surface area contributed by atoms with Crippen LogP contribution in [0.15, 0.2) is 58.2 Å². The Bertz CT molecular complexity index is 808. The smallest absolute Gasteiger partial charge is 0.276 e. The lowest BCUT2D eigenvalue weighted by Crippen LogP contribution is -1.98. The van der Waals surface area contributed by atoms with Crippen LogP contribution in [0.4, 0.5) is 0 Å². The Balaban J connectivity index is 1.59. The number of halogens is 2. The zero-order valence-electron chi connectivity index (χ0n) is 13.1. The second kappa shape index (κ2) is 8.06. The van der Waals surface area contributed by atoms with Crippen LogP contribution in [0.25, 0.3) is 0 Å². The summed E-state index contributed by atoms with van der Waals surface area (Å²) >= 11 is 13.5. The summed E-state index contributed by atoms with van der Waals surface area (Å²) in [6.07, 6.45) is 0.722. The molecule has 0 saturated heterocycles. The minimum Gasteiger partial charge on any atom is -0.416 e. The summed E-state index contributed by atoms with van der Waals surface area (Å²) in [5.41, 5.74) is 2.25. The van der Waals surface area contributed by atoms with E-state index < -0.39 is 0 Å². The molecule has 1 heterocycles. The minimum atomic E-state index is 0.329. The summed E-state index contributed by atoms with van der Waals surface area (Å²) in [5.74, 6) is 1.64. The number of hydrogen-bond donors (Lipinski definition) is 0. The topological polar surface area (TPSA) is 38.9 Å². The van der Waals surface area contributed by atoms with Gasteiger partial charge in [-0.3, -0.25) is 0 Å². The van der Waals surface area contributed by atoms with Gasteiger partial charge in [-0.2, -0.15) is 0 Å². The van der Waals surface area contributed by atoms with Crippen LogP contribution < -0.4 is 0 Å². The van der Waals surface area contributed by atoms with Crippen LogP contribution in [0, 0.1) is 0 Å². The Morgan fingerprint density at radius 1 is 1.08 bits per heavy atom. The molecule has 0 aliphatic carbocycles. The molecule has 2 aromatic carbocycles. The highest BCUT2D eigenvalue weighted by Crippen LogP contribution is 2.28. The summed E-state index contributed by atoms with van der Waals surface area (Å²) in [6.45, 7) is 2.15. The Morgan fingerprint density at radius 2 is 1.88 bits per heavy atom. The average molecular weight is 379 g/mol. The lowest BCUT2D eigenvalue weighted by molar-refractivity contribution is 0.404. The summed E-state index contributed by atoms with van der Waals surface area (Å²) < 4.78 is 5.73. The molecule has 3 rings (SSSR count). The van der Waals surface area contributed by atoms with Crippen molar-refractivity contribution >= 4 is 35.0 Å². The second-order valence-electron chi connectivity index (χ2n) is 5.50. The van der Waals surface area contributed by atoms with Crippen molar-refractivity contribution in [2.75, 3.05) is 0 Å². The first-order chi connectivity index (χ1) is 11.6. The molecular weight excluding hydrogens is 363 g/mol. The molecule has 0 aliphatic rings. The van der Waals surface area contributed by atoms with E-state index in [-0.39, 0.29) is 0 Å². The third-order valence-corrected chi connectivity index (χ3v) is 5.12. The Kier molecular flexibility index (Phi) is 5.82. The molecule has 0 spiro atoms. The van der Waals surface area contributed by atoms with Crippen molar-refractivity contribution in [2.45, 2.75) is 30.2 Å². The normalized spacial score (nSPS) is 12.3. The fourth-order valence-electron chi connectivity index (χ4n) is 2.32. The summed E-state index contributed by atoms with van der Waals surface area (Å²) in [5, 5.41) is 10.1. The maximum atomic E-state index is 6.17. The standard InChI is InChI=1S/C18H16Cl2N2OS/c1-12(13-5-3-2-4-6-13)9-17-21-22-18(23-17)24-11-14-7-8-15(19)10-16(14)20/h2-8,10,12H,9,11H2,1H3. The number of nitrogens with zero attached hydrogens (tertiary/aromatic N) is 2. The van der Waals surface area contributed by atoms with E-state index in [1.807, 2.05) is 30.3 Å². The van der Waals surface area contributed by atoms with Crippen molar-refractivity contribution in [3.05, 3.63) is 75.6 Å². The van der Waals surface area contributed by atoms with Gasteiger partial charge in [0.25, 0.3) is 5.22 Å². The third kappa shape index (κ3) is 4.53. The van der Waals surface area contributed by atoms with Gasteiger partial charge in [-0.05, 0) is 29.2 Å². The molecule has 3 nitrogen and oxygen atoms in total. The number of thioether (sulfide) groups is 1. The van der Waals surface area contributed by atoms with Crippen molar-refractivity contribution in [1.29, 1.82) is 0 Å². The van der Waals surface area contributed by atoms with Gasteiger partial charge in [0.2, 0.25) is 5.89 Å². The highest BCUT2D eigenvalue weighted by Gasteiger charge is 2.13. The Labute approximate surface area is 155 Å². The highest BCUT2D eigenvalue weighted by atomic mass is 35.5. The van der Waals surface area contributed by atoms with Crippen molar-refractivity contribution in [1.82, 2.24) is 10.2 Å². The number of aromatic nitrogens is 2. The highest BCUT2D eigenvalue weighted by molar-refractivity contribution is 7.98. The van der Waals surface area contributed by atoms with Crippen LogP contribution in [0.3, 0.4) is 0 Å². The van der Waals surface area contributed by atoms with Gasteiger partial charge in [-0.15, -0.1) is 10.2 Å². The van der Waals surface area contributed by atoms with E-state index in [9.17, 15) is 0 Å². The monoisotopic (exact) mass is 378 g/mol. The maximum Gasteiger partial charge on any atom is 0.276 e. The van der Waals surface area contributed by atoms with Crippen LogP contribution in [0.1, 0.15) is 29.9 Å². The van der Waals surface area contributed by atoms with Crippen molar-refractivity contribution < 1.29 is 4.42 Å². The zero-order chi connectivity index (χ0) is 16.9. The molecule has 1 aromatic heterocycles.